The number of likely N-dealkylation sites (tertiary alicyclic amines) is 1. The second kappa shape index (κ2) is 12.7. The molecule has 4 atom stereocenters. The van der Waals surface area contributed by atoms with E-state index in [1.165, 1.54) is 26.0 Å². The largest absolute Gasteiger partial charge is 0.453 e. The lowest BCUT2D eigenvalue weighted by molar-refractivity contribution is -0.136. The summed E-state index contributed by atoms with van der Waals surface area (Å²) < 4.78 is 10.2. The monoisotopic (exact) mass is 620 g/mol. The summed E-state index contributed by atoms with van der Waals surface area (Å²) in [5.41, 5.74) is 7.61. The molecule has 4 aromatic rings. The quantitative estimate of drug-likeness (QED) is 0.231. The van der Waals surface area contributed by atoms with Crippen molar-refractivity contribution in [3.8, 4) is 11.1 Å². The smallest absolute Gasteiger partial charge is 0.407 e. The van der Waals surface area contributed by atoms with Gasteiger partial charge in [-0.2, -0.15) is 0 Å². The molecule has 46 heavy (non-hydrogen) atoms. The van der Waals surface area contributed by atoms with E-state index in [1.54, 1.807) is 6.92 Å². The number of ether oxygens (including phenoxy) is 2. The Morgan fingerprint density at radius 2 is 1.74 bits per heavy atom. The molecule has 238 valence electrons. The molecule has 7 rings (SSSR count). The number of rotatable bonds is 8. The van der Waals surface area contributed by atoms with Gasteiger partial charge in [-0.1, -0.05) is 30.3 Å². The van der Waals surface area contributed by atoms with Gasteiger partial charge in [-0.15, -0.1) is 0 Å². The number of aromatic nitrogens is 2. The molecule has 0 aliphatic carbocycles. The van der Waals surface area contributed by atoms with Gasteiger partial charge in [-0.05, 0) is 96.5 Å². The molecule has 2 fully saturated rings. The summed E-state index contributed by atoms with van der Waals surface area (Å²) in [5, 5.41) is 8.51. The first-order valence-corrected chi connectivity index (χ1v) is 16.1. The number of fused-ring (bicyclic) bond motifs is 2. The Bertz CT molecular complexity index is 1860. The minimum absolute atomic E-state index is 0.118. The highest BCUT2D eigenvalue weighted by molar-refractivity contribution is 6.04. The molecule has 3 aliphatic heterocycles. The Morgan fingerprint density at radius 1 is 0.978 bits per heavy atom. The topological polar surface area (TPSA) is 121 Å². The second-order valence-corrected chi connectivity index (χ2v) is 12.5. The van der Waals surface area contributed by atoms with Crippen molar-refractivity contribution in [1.29, 1.82) is 0 Å². The number of aromatic amines is 1. The number of carbonyl (C=O) groups excluding carboxylic acids is 2. The Labute approximate surface area is 268 Å². The second-order valence-electron chi connectivity index (χ2n) is 12.5. The standard InChI is InChI=1S/C36H40N6O4/c1-21(45-2)33(41-36(44)46-3)35(43)42-15-5-7-32(42)31-19-27(20-38-31)25-11-10-22-16-24(9-8-23(22)17-25)26-12-13-28-30(18-26)40-34(39-28)29-6-4-14-37-29/h8-13,16-18,20-21,29,32-33,37H,4-7,14-15,19H2,1-3H3,(H,39,40)(H,41,44)/t21-,29+,32+,33+/m1/s1. The Hall–Kier alpha value is -4.54. The van der Waals surface area contributed by atoms with E-state index in [0.717, 1.165) is 76.0 Å². The fourth-order valence-corrected chi connectivity index (χ4v) is 7.00. The molecule has 10 heteroatoms. The number of nitrogens with zero attached hydrogens (tertiary/aromatic N) is 3. The lowest BCUT2D eigenvalue weighted by Crippen LogP contribution is -2.56. The van der Waals surface area contributed by atoms with Gasteiger partial charge >= 0.3 is 6.09 Å². The first-order valence-electron chi connectivity index (χ1n) is 16.1. The van der Waals surface area contributed by atoms with E-state index >= 15 is 0 Å². The molecule has 0 saturated carbocycles. The van der Waals surface area contributed by atoms with Crippen LogP contribution in [0.15, 0.2) is 65.8 Å². The van der Waals surface area contributed by atoms with Crippen molar-refractivity contribution < 1.29 is 19.1 Å². The van der Waals surface area contributed by atoms with Crippen molar-refractivity contribution in [3.05, 3.63) is 72.2 Å². The van der Waals surface area contributed by atoms with Crippen molar-refractivity contribution in [1.82, 2.24) is 25.5 Å². The first-order chi connectivity index (χ1) is 22.4. The average Bonchev–Trinajstić information content (AvgIpc) is 3.91. The third-order valence-corrected chi connectivity index (χ3v) is 9.68. The molecule has 0 unspecified atom stereocenters. The van der Waals surface area contributed by atoms with Crippen LogP contribution in [0.2, 0.25) is 0 Å². The van der Waals surface area contributed by atoms with E-state index in [2.05, 4.69) is 70.2 Å². The van der Waals surface area contributed by atoms with Crippen LogP contribution in [0.25, 0.3) is 38.5 Å². The van der Waals surface area contributed by atoms with Crippen molar-refractivity contribution >= 4 is 45.1 Å². The summed E-state index contributed by atoms with van der Waals surface area (Å²) in [6.07, 6.45) is 5.46. The van der Waals surface area contributed by atoms with Gasteiger partial charge in [0.15, 0.2) is 0 Å². The number of benzene rings is 3. The molecule has 2 saturated heterocycles. The Kier molecular flexibility index (Phi) is 8.31. The van der Waals surface area contributed by atoms with Gasteiger partial charge in [0.2, 0.25) is 5.91 Å². The van der Waals surface area contributed by atoms with Crippen LogP contribution in [0.3, 0.4) is 0 Å². The maximum atomic E-state index is 13.6. The molecule has 3 aromatic carbocycles. The molecular formula is C36H40N6O4. The predicted molar refractivity (Wildman–Crippen MR) is 180 cm³/mol. The third-order valence-electron chi connectivity index (χ3n) is 9.68. The third kappa shape index (κ3) is 5.78. The zero-order valence-electron chi connectivity index (χ0n) is 26.5. The molecule has 3 N–H and O–H groups in total. The van der Waals surface area contributed by atoms with Crippen LogP contribution in [0, 0.1) is 0 Å². The number of H-pyrrole nitrogens is 1. The summed E-state index contributed by atoms with van der Waals surface area (Å²) >= 11 is 0. The molecule has 0 spiro atoms. The molecule has 10 nitrogen and oxygen atoms in total. The van der Waals surface area contributed by atoms with E-state index in [-0.39, 0.29) is 11.9 Å². The minimum atomic E-state index is -0.842. The van der Waals surface area contributed by atoms with Gasteiger partial charge in [0.05, 0.1) is 36.3 Å². The number of hydrogen-bond donors (Lipinski definition) is 3. The lowest BCUT2D eigenvalue weighted by Gasteiger charge is -2.31. The Morgan fingerprint density at radius 3 is 2.50 bits per heavy atom. The number of aliphatic imine (C=N–C) groups is 1. The normalized spacial score (nSPS) is 21.0. The SMILES string of the molecule is COC(=O)N[C@H](C(=O)N1CCC[C@H]1C1=NC=C(c2ccc3cc(-c4ccc5nc([C@@H]6CCCN6)[nH]c5c4)ccc3c2)C1)[C@@H](C)OC. The number of carbonyl (C=O) groups is 2. The minimum Gasteiger partial charge on any atom is -0.453 e. The van der Waals surface area contributed by atoms with Crippen molar-refractivity contribution in [2.24, 2.45) is 4.99 Å². The molecule has 1 aromatic heterocycles. The fraction of sp³-hybridized carbons (Fsp3) is 0.389. The Balaban J connectivity index is 1.05. The highest BCUT2D eigenvalue weighted by Crippen LogP contribution is 2.34. The summed E-state index contributed by atoms with van der Waals surface area (Å²) in [6.45, 7) is 3.42. The van der Waals surface area contributed by atoms with Gasteiger partial charge in [-0.3, -0.25) is 9.79 Å². The van der Waals surface area contributed by atoms with Crippen LogP contribution in [-0.2, 0) is 14.3 Å². The van der Waals surface area contributed by atoms with Crippen LogP contribution in [0.4, 0.5) is 4.79 Å². The maximum absolute atomic E-state index is 13.6. The molecule has 3 aliphatic rings. The fourth-order valence-electron chi connectivity index (χ4n) is 7.00. The molecular weight excluding hydrogens is 580 g/mol. The first kappa shape index (κ1) is 30.1. The number of nitrogens with one attached hydrogen (secondary N) is 3. The van der Waals surface area contributed by atoms with Crippen LogP contribution < -0.4 is 10.6 Å². The zero-order valence-corrected chi connectivity index (χ0v) is 26.5. The summed E-state index contributed by atoms with van der Waals surface area (Å²) in [6, 6.07) is 18.9. The van der Waals surface area contributed by atoms with Crippen molar-refractivity contribution in [2.45, 2.75) is 63.3 Å². The summed E-state index contributed by atoms with van der Waals surface area (Å²) in [7, 11) is 2.81. The van der Waals surface area contributed by atoms with Crippen LogP contribution in [0.1, 0.15) is 56.5 Å². The van der Waals surface area contributed by atoms with Gasteiger partial charge < -0.3 is 30.0 Å². The van der Waals surface area contributed by atoms with Crippen LogP contribution in [0.5, 0.6) is 0 Å². The van der Waals surface area contributed by atoms with Gasteiger partial charge in [-0.25, -0.2) is 9.78 Å². The maximum Gasteiger partial charge on any atom is 0.407 e. The molecule has 2 amide bonds. The lowest BCUT2D eigenvalue weighted by atomic mass is 9.95. The number of hydrogen-bond acceptors (Lipinski definition) is 7. The summed E-state index contributed by atoms with van der Waals surface area (Å²) in [4.78, 5) is 40.6. The van der Waals surface area contributed by atoms with E-state index < -0.39 is 18.2 Å². The van der Waals surface area contributed by atoms with E-state index in [0.29, 0.717) is 19.0 Å². The summed E-state index contributed by atoms with van der Waals surface area (Å²) in [5.74, 6) is 0.842. The highest BCUT2D eigenvalue weighted by atomic mass is 16.5. The van der Waals surface area contributed by atoms with E-state index in [1.807, 2.05) is 11.1 Å². The number of allylic oxidation sites excluding steroid dienone is 1. The van der Waals surface area contributed by atoms with E-state index in [9.17, 15) is 9.59 Å². The number of alkyl carbamates (subject to hydrolysis) is 1. The van der Waals surface area contributed by atoms with Gasteiger partial charge in [0.1, 0.15) is 11.9 Å². The highest BCUT2D eigenvalue weighted by Gasteiger charge is 2.39. The molecule has 4 heterocycles. The number of amides is 2. The van der Waals surface area contributed by atoms with E-state index in [4.69, 9.17) is 19.5 Å². The average molecular weight is 621 g/mol. The predicted octanol–water partition coefficient (Wildman–Crippen LogP) is 5.74. The van der Waals surface area contributed by atoms with Crippen LogP contribution >= 0.6 is 0 Å². The number of imidazole rings is 1. The van der Waals surface area contributed by atoms with Gasteiger partial charge in [0, 0.05) is 32.0 Å². The van der Waals surface area contributed by atoms with Crippen LogP contribution in [-0.4, -0.2) is 78.1 Å². The molecule has 0 bridgehead atoms. The van der Waals surface area contributed by atoms with Crippen molar-refractivity contribution in [3.63, 3.8) is 0 Å². The van der Waals surface area contributed by atoms with Crippen molar-refractivity contribution in [2.75, 3.05) is 27.3 Å². The zero-order chi connectivity index (χ0) is 31.8. The van der Waals surface area contributed by atoms with Gasteiger partial charge in [0.25, 0.3) is 0 Å². The number of methoxy groups -OCH3 is 2. The molecule has 0 radical (unpaired) electrons.